The average Bonchev–Trinajstić information content (AvgIpc) is 3.22. The molecule has 1 saturated heterocycles. The number of rotatable bonds is 4. The average molecular weight is 258 g/mol. The maximum absolute atomic E-state index is 6.29. The van der Waals surface area contributed by atoms with Gasteiger partial charge in [0, 0.05) is 24.0 Å². The van der Waals surface area contributed by atoms with Crippen LogP contribution in [0.4, 0.5) is 0 Å². The van der Waals surface area contributed by atoms with E-state index in [1.807, 2.05) is 0 Å². The van der Waals surface area contributed by atoms with Crippen LogP contribution in [0.3, 0.4) is 0 Å². The first-order valence-corrected chi connectivity index (χ1v) is 7.76. The number of nitrogens with two attached hydrogens (primary N) is 1. The van der Waals surface area contributed by atoms with Crippen LogP contribution >= 0.6 is 0 Å². The van der Waals surface area contributed by atoms with Crippen molar-refractivity contribution < 1.29 is 0 Å². The Labute approximate surface area is 117 Å². The predicted molar refractivity (Wildman–Crippen MR) is 79.8 cm³/mol. The molecule has 0 spiro atoms. The van der Waals surface area contributed by atoms with Crippen molar-refractivity contribution >= 4 is 0 Å². The van der Waals surface area contributed by atoms with Gasteiger partial charge in [-0.15, -0.1) is 0 Å². The molecule has 0 amide bonds. The number of piperidine rings is 1. The van der Waals surface area contributed by atoms with E-state index < -0.39 is 0 Å². The molecule has 0 aromatic heterocycles. The predicted octanol–water partition coefficient (Wildman–Crippen LogP) is 3.17. The molecule has 3 rings (SSSR count). The van der Waals surface area contributed by atoms with Crippen molar-refractivity contribution in [3.8, 4) is 0 Å². The van der Waals surface area contributed by atoms with Crippen LogP contribution in [0.2, 0.25) is 0 Å². The van der Waals surface area contributed by atoms with Crippen molar-refractivity contribution in [2.45, 2.75) is 57.7 Å². The van der Waals surface area contributed by atoms with Gasteiger partial charge < -0.3 is 5.73 Å². The highest BCUT2D eigenvalue weighted by Gasteiger charge is 2.53. The maximum atomic E-state index is 6.29. The lowest BCUT2D eigenvalue weighted by Crippen LogP contribution is -2.50. The minimum absolute atomic E-state index is 0.342. The van der Waals surface area contributed by atoms with Crippen LogP contribution < -0.4 is 5.73 Å². The Morgan fingerprint density at radius 1 is 1.26 bits per heavy atom. The highest BCUT2D eigenvalue weighted by molar-refractivity contribution is 5.16. The summed E-state index contributed by atoms with van der Waals surface area (Å²) < 4.78 is 0. The zero-order valence-corrected chi connectivity index (χ0v) is 12.0. The quantitative estimate of drug-likeness (QED) is 0.899. The van der Waals surface area contributed by atoms with Crippen molar-refractivity contribution in [1.82, 2.24) is 4.90 Å². The molecule has 2 atom stereocenters. The molecule has 1 saturated carbocycles. The Morgan fingerprint density at radius 2 is 2.00 bits per heavy atom. The van der Waals surface area contributed by atoms with Crippen LogP contribution in [-0.4, -0.2) is 23.5 Å². The fraction of sp³-hybridized carbons (Fsp3) is 0.647. The first kappa shape index (κ1) is 13.1. The smallest absolute Gasteiger partial charge is 0.0236 e. The van der Waals surface area contributed by atoms with Gasteiger partial charge in [0.05, 0.1) is 0 Å². The van der Waals surface area contributed by atoms with Crippen LogP contribution in [0.15, 0.2) is 30.3 Å². The van der Waals surface area contributed by atoms with Gasteiger partial charge in [0.1, 0.15) is 0 Å². The van der Waals surface area contributed by atoms with Crippen LogP contribution in [-0.2, 0) is 6.54 Å². The lowest BCUT2D eigenvalue weighted by atomic mass is 9.82. The molecule has 2 aliphatic rings. The largest absolute Gasteiger partial charge is 0.327 e. The van der Waals surface area contributed by atoms with Crippen molar-refractivity contribution in [2.75, 3.05) is 6.54 Å². The Hall–Kier alpha value is -0.860. The standard InChI is InChI=1S/C17H26N2/c1-14(18)17(10-11-17)16-9-5-6-12-19(16)13-15-7-3-2-4-8-15/h2-4,7-8,14,16H,5-6,9-13,18H2,1H3. The van der Waals surface area contributed by atoms with Crippen LogP contribution in [0, 0.1) is 5.41 Å². The normalized spacial score (nSPS) is 28.0. The van der Waals surface area contributed by atoms with Gasteiger partial charge in [0.2, 0.25) is 0 Å². The lowest BCUT2D eigenvalue weighted by Gasteiger charge is -2.42. The highest BCUT2D eigenvalue weighted by Crippen LogP contribution is 2.54. The molecular weight excluding hydrogens is 232 g/mol. The van der Waals surface area contributed by atoms with Gasteiger partial charge in [0.15, 0.2) is 0 Å². The van der Waals surface area contributed by atoms with E-state index in [1.54, 1.807) is 0 Å². The van der Waals surface area contributed by atoms with Gasteiger partial charge in [-0.05, 0) is 44.7 Å². The number of hydrogen-bond acceptors (Lipinski definition) is 2. The molecule has 2 N–H and O–H groups in total. The van der Waals surface area contributed by atoms with E-state index in [-0.39, 0.29) is 0 Å². The van der Waals surface area contributed by atoms with E-state index in [0.29, 0.717) is 17.5 Å². The van der Waals surface area contributed by atoms with E-state index in [4.69, 9.17) is 5.73 Å². The molecule has 1 aliphatic carbocycles. The second-order valence-corrected chi connectivity index (χ2v) is 6.49. The van der Waals surface area contributed by atoms with Gasteiger partial charge in [-0.25, -0.2) is 0 Å². The molecule has 2 heteroatoms. The minimum atomic E-state index is 0.342. The van der Waals surface area contributed by atoms with Gasteiger partial charge in [-0.1, -0.05) is 36.8 Å². The third-order valence-electron chi connectivity index (χ3n) is 5.24. The van der Waals surface area contributed by atoms with Gasteiger partial charge in [0.25, 0.3) is 0 Å². The van der Waals surface area contributed by atoms with Gasteiger partial charge >= 0.3 is 0 Å². The molecular formula is C17H26N2. The monoisotopic (exact) mass is 258 g/mol. The van der Waals surface area contributed by atoms with E-state index in [1.165, 1.54) is 44.2 Å². The summed E-state index contributed by atoms with van der Waals surface area (Å²) in [5.74, 6) is 0. The summed E-state index contributed by atoms with van der Waals surface area (Å²) in [5, 5.41) is 0. The fourth-order valence-electron chi connectivity index (χ4n) is 3.89. The Morgan fingerprint density at radius 3 is 2.63 bits per heavy atom. The molecule has 2 fully saturated rings. The first-order valence-electron chi connectivity index (χ1n) is 7.76. The van der Waals surface area contributed by atoms with Crippen molar-refractivity contribution in [3.05, 3.63) is 35.9 Å². The Balaban J connectivity index is 1.75. The molecule has 1 aliphatic heterocycles. The molecule has 2 nitrogen and oxygen atoms in total. The summed E-state index contributed by atoms with van der Waals surface area (Å²) in [6, 6.07) is 11.9. The third kappa shape index (κ3) is 2.56. The summed E-state index contributed by atoms with van der Waals surface area (Å²) in [7, 11) is 0. The van der Waals surface area contributed by atoms with Gasteiger partial charge in [-0.2, -0.15) is 0 Å². The second-order valence-electron chi connectivity index (χ2n) is 6.49. The summed E-state index contributed by atoms with van der Waals surface area (Å²) in [6.45, 7) is 4.55. The lowest BCUT2D eigenvalue weighted by molar-refractivity contribution is 0.0703. The van der Waals surface area contributed by atoms with Gasteiger partial charge in [-0.3, -0.25) is 4.90 Å². The van der Waals surface area contributed by atoms with E-state index in [2.05, 4.69) is 42.2 Å². The molecule has 1 aromatic carbocycles. The summed E-state index contributed by atoms with van der Waals surface area (Å²) in [4.78, 5) is 2.70. The third-order valence-corrected chi connectivity index (χ3v) is 5.24. The van der Waals surface area contributed by atoms with E-state index in [0.717, 1.165) is 6.54 Å². The Kier molecular flexibility index (Phi) is 3.64. The molecule has 104 valence electrons. The van der Waals surface area contributed by atoms with Crippen LogP contribution in [0.1, 0.15) is 44.6 Å². The molecule has 2 unspecified atom stereocenters. The topological polar surface area (TPSA) is 29.3 Å². The molecule has 1 heterocycles. The summed E-state index contributed by atoms with van der Waals surface area (Å²) >= 11 is 0. The van der Waals surface area contributed by atoms with Crippen molar-refractivity contribution in [3.63, 3.8) is 0 Å². The fourth-order valence-corrected chi connectivity index (χ4v) is 3.89. The molecule has 19 heavy (non-hydrogen) atoms. The Bertz CT molecular complexity index is 409. The number of hydrogen-bond donors (Lipinski definition) is 1. The molecule has 0 radical (unpaired) electrons. The zero-order chi connectivity index (χ0) is 13.3. The van der Waals surface area contributed by atoms with E-state index in [9.17, 15) is 0 Å². The number of benzene rings is 1. The van der Waals surface area contributed by atoms with Crippen LogP contribution in [0.25, 0.3) is 0 Å². The number of nitrogens with zero attached hydrogens (tertiary/aromatic N) is 1. The SMILES string of the molecule is CC(N)C1(C2CCCCN2Cc2ccccc2)CC1. The molecule has 1 aromatic rings. The maximum Gasteiger partial charge on any atom is 0.0236 e. The van der Waals surface area contributed by atoms with Crippen molar-refractivity contribution in [2.24, 2.45) is 11.1 Å². The van der Waals surface area contributed by atoms with Crippen LogP contribution in [0.5, 0.6) is 0 Å². The highest BCUT2D eigenvalue weighted by atomic mass is 15.2. The molecule has 0 bridgehead atoms. The first-order chi connectivity index (χ1) is 9.22. The van der Waals surface area contributed by atoms with Crippen molar-refractivity contribution in [1.29, 1.82) is 0 Å². The minimum Gasteiger partial charge on any atom is -0.327 e. The second kappa shape index (κ2) is 5.26. The van der Waals surface area contributed by atoms with E-state index >= 15 is 0 Å². The summed E-state index contributed by atoms with van der Waals surface area (Å²) in [6.07, 6.45) is 6.73. The number of likely N-dealkylation sites (tertiary alicyclic amines) is 1. The zero-order valence-electron chi connectivity index (χ0n) is 12.0. The summed E-state index contributed by atoms with van der Waals surface area (Å²) in [5.41, 5.74) is 8.16.